The maximum atomic E-state index is 12.7. The zero-order valence-corrected chi connectivity index (χ0v) is 13.1. The third-order valence-corrected chi connectivity index (χ3v) is 4.23. The summed E-state index contributed by atoms with van der Waals surface area (Å²) in [6.45, 7) is 3.81. The molecule has 1 aliphatic rings. The van der Waals surface area contributed by atoms with Crippen LogP contribution in [0.15, 0.2) is 30.5 Å². The van der Waals surface area contributed by atoms with E-state index in [1.54, 1.807) is 22.9 Å². The van der Waals surface area contributed by atoms with E-state index in [2.05, 4.69) is 4.98 Å². The van der Waals surface area contributed by atoms with E-state index in [-0.39, 0.29) is 11.8 Å². The van der Waals surface area contributed by atoms with Gasteiger partial charge in [0.25, 0.3) is 5.91 Å². The van der Waals surface area contributed by atoms with E-state index in [0.717, 1.165) is 10.9 Å². The van der Waals surface area contributed by atoms with Gasteiger partial charge in [0.05, 0.1) is 5.56 Å². The Morgan fingerprint density at radius 1 is 1.14 bits per heavy atom. The van der Waals surface area contributed by atoms with Crippen LogP contribution in [0.3, 0.4) is 0 Å². The molecule has 1 N–H and O–H groups in total. The molecule has 2 aromatic rings. The number of fused-ring (bicyclic) bond motifs is 1. The van der Waals surface area contributed by atoms with Crippen LogP contribution in [0, 0.1) is 0 Å². The van der Waals surface area contributed by atoms with Crippen LogP contribution in [0.1, 0.15) is 17.3 Å². The minimum Gasteiger partial charge on any atom is -0.360 e. The van der Waals surface area contributed by atoms with Crippen molar-refractivity contribution in [2.24, 2.45) is 0 Å². The number of benzene rings is 1. The number of carbonyl (C=O) groups is 2. The minimum absolute atomic E-state index is 0.00321. The van der Waals surface area contributed by atoms with Gasteiger partial charge >= 0.3 is 0 Å². The molecule has 1 unspecified atom stereocenters. The van der Waals surface area contributed by atoms with E-state index in [1.807, 2.05) is 24.3 Å². The molecule has 1 atom stereocenters. The number of nitrogens with zero attached hydrogens (tertiary/aromatic N) is 2. The molecule has 0 saturated carbocycles. The Bertz CT molecular complexity index is 702. The summed E-state index contributed by atoms with van der Waals surface area (Å²) in [6, 6.07) is 7.74. The van der Waals surface area contributed by atoms with Crippen molar-refractivity contribution >= 4 is 34.3 Å². The summed E-state index contributed by atoms with van der Waals surface area (Å²) in [6.07, 6.45) is 1.76. The number of hydrogen-bond donors (Lipinski definition) is 1. The summed E-state index contributed by atoms with van der Waals surface area (Å²) in [5.74, 6) is -0.0654. The summed E-state index contributed by atoms with van der Waals surface area (Å²) >= 11 is 5.83. The third kappa shape index (κ3) is 2.68. The van der Waals surface area contributed by atoms with Gasteiger partial charge in [-0.05, 0) is 13.0 Å². The molecular formula is C16H18ClN3O2. The minimum atomic E-state index is -0.518. The van der Waals surface area contributed by atoms with E-state index in [0.29, 0.717) is 31.7 Å². The number of H-pyrrole nitrogens is 1. The smallest absolute Gasteiger partial charge is 0.256 e. The van der Waals surface area contributed by atoms with Gasteiger partial charge in [0.1, 0.15) is 5.38 Å². The first-order valence-electron chi connectivity index (χ1n) is 7.36. The number of aromatic amines is 1. The third-order valence-electron chi connectivity index (χ3n) is 4.04. The molecule has 0 bridgehead atoms. The van der Waals surface area contributed by atoms with Gasteiger partial charge in [0.2, 0.25) is 5.91 Å². The molecule has 2 heterocycles. The first kappa shape index (κ1) is 14.9. The van der Waals surface area contributed by atoms with Gasteiger partial charge in [-0.2, -0.15) is 0 Å². The Morgan fingerprint density at radius 3 is 2.45 bits per heavy atom. The predicted molar refractivity (Wildman–Crippen MR) is 86.1 cm³/mol. The van der Waals surface area contributed by atoms with Gasteiger partial charge in [-0.1, -0.05) is 18.2 Å². The van der Waals surface area contributed by atoms with Crippen molar-refractivity contribution in [1.29, 1.82) is 0 Å². The van der Waals surface area contributed by atoms with Gasteiger partial charge in [-0.15, -0.1) is 11.6 Å². The molecule has 5 nitrogen and oxygen atoms in total. The quantitative estimate of drug-likeness (QED) is 0.862. The zero-order chi connectivity index (χ0) is 15.7. The molecule has 1 aliphatic heterocycles. The van der Waals surface area contributed by atoms with Crippen molar-refractivity contribution < 1.29 is 9.59 Å². The molecule has 1 aromatic heterocycles. The van der Waals surface area contributed by atoms with Crippen molar-refractivity contribution in [1.82, 2.24) is 14.8 Å². The number of para-hydroxylation sites is 1. The zero-order valence-electron chi connectivity index (χ0n) is 12.4. The molecule has 1 aromatic carbocycles. The Kier molecular flexibility index (Phi) is 4.07. The molecule has 6 heteroatoms. The van der Waals surface area contributed by atoms with Crippen LogP contribution < -0.4 is 0 Å². The number of amides is 2. The normalized spacial score (nSPS) is 16.8. The number of rotatable bonds is 2. The SMILES string of the molecule is CC(Cl)C(=O)N1CCN(C(=O)c2c[nH]c3ccccc23)CC1. The molecule has 0 radical (unpaired) electrons. The summed E-state index contributed by atoms with van der Waals surface area (Å²) in [7, 11) is 0. The van der Waals surface area contributed by atoms with Gasteiger partial charge in [0, 0.05) is 43.3 Å². The van der Waals surface area contributed by atoms with E-state index in [4.69, 9.17) is 11.6 Å². The molecule has 22 heavy (non-hydrogen) atoms. The van der Waals surface area contributed by atoms with Crippen LogP contribution in [-0.4, -0.2) is 58.2 Å². The summed E-state index contributed by atoms with van der Waals surface area (Å²) in [4.78, 5) is 31.2. The number of aromatic nitrogens is 1. The molecule has 0 aliphatic carbocycles. The lowest BCUT2D eigenvalue weighted by Crippen LogP contribution is -2.52. The largest absolute Gasteiger partial charge is 0.360 e. The Morgan fingerprint density at radius 2 is 1.77 bits per heavy atom. The summed E-state index contributed by atoms with van der Waals surface area (Å²) < 4.78 is 0. The Balaban J connectivity index is 1.71. The van der Waals surface area contributed by atoms with Crippen molar-refractivity contribution in [2.45, 2.75) is 12.3 Å². The van der Waals surface area contributed by atoms with Crippen LogP contribution in [0.2, 0.25) is 0 Å². The number of piperazine rings is 1. The number of nitrogens with one attached hydrogen (secondary N) is 1. The van der Waals surface area contributed by atoms with Gasteiger partial charge in [-0.3, -0.25) is 9.59 Å². The number of carbonyl (C=O) groups excluding carboxylic acids is 2. The first-order valence-corrected chi connectivity index (χ1v) is 7.80. The second-order valence-electron chi connectivity index (χ2n) is 5.48. The fourth-order valence-corrected chi connectivity index (χ4v) is 2.94. The highest BCUT2D eigenvalue weighted by atomic mass is 35.5. The van der Waals surface area contributed by atoms with Crippen LogP contribution in [-0.2, 0) is 4.79 Å². The molecule has 2 amide bonds. The molecular weight excluding hydrogens is 302 g/mol. The van der Waals surface area contributed by atoms with Gasteiger partial charge in [-0.25, -0.2) is 0 Å². The summed E-state index contributed by atoms with van der Waals surface area (Å²) in [5.41, 5.74) is 1.64. The van der Waals surface area contributed by atoms with E-state index >= 15 is 0 Å². The number of hydrogen-bond acceptors (Lipinski definition) is 2. The molecule has 0 spiro atoms. The first-order chi connectivity index (χ1) is 10.6. The highest BCUT2D eigenvalue weighted by Crippen LogP contribution is 2.20. The lowest BCUT2D eigenvalue weighted by Gasteiger charge is -2.35. The standard InChI is InChI=1S/C16H18ClN3O2/c1-11(17)15(21)19-6-8-20(9-7-19)16(22)13-10-18-14-5-3-2-4-12(13)14/h2-5,10-11,18H,6-9H2,1H3. The maximum absolute atomic E-state index is 12.7. The highest BCUT2D eigenvalue weighted by molar-refractivity contribution is 6.30. The second-order valence-corrected chi connectivity index (χ2v) is 6.14. The van der Waals surface area contributed by atoms with Crippen molar-refractivity contribution in [3.8, 4) is 0 Å². The average Bonchev–Trinajstić information content (AvgIpc) is 2.97. The lowest BCUT2D eigenvalue weighted by molar-refractivity contribution is -0.131. The Labute approximate surface area is 133 Å². The number of halogens is 1. The predicted octanol–water partition coefficient (Wildman–Crippen LogP) is 2.08. The van der Waals surface area contributed by atoms with Crippen LogP contribution in [0.4, 0.5) is 0 Å². The average molecular weight is 320 g/mol. The van der Waals surface area contributed by atoms with Gasteiger partial charge in [0.15, 0.2) is 0 Å². The maximum Gasteiger partial charge on any atom is 0.256 e. The molecule has 3 rings (SSSR count). The molecule has 1 fully saturated rings. The van der Waals surface area contributed by atoms with E-state index in [1.165, 1.54) is 0 Å². The topological polar surface area (TPSA) is 56.4 Å². The second kappa shape index (κ2) is 6.01. The van der Waals surface area contributed by atoms with Crippen molar-refractivity contribution in [3.05, 3.63) is 36.0 Å². The van der Waals surface area contributed by atoms with Gasteiger partial charge < -0.3 is 14.8 Å². The highest BCUT2D eigenvalue weighted by Gasteiger charge is 2.27. The fourth-order valence-electron chi connectivity index (χ4n) is 2.80. The monoisotopic (exact) mass is 319 g/mol. The fraction of sp³-hybridized carbons (Fsp3) is 0.375. The van der Waals surface area contributed by atoms with Crippen molar-refractivity contribution in [3.63, 3.8) is 0 Å². The van der Waals surface area contributed by atoms with Crippen molar-refractivity contribution in [2.75, 3.05) is 26.2 Å². The summed E-state index contributed by atoms with van der Waals surface area (Å²) in [5, 5.41) is 0.413. The van der Waals surface area contributed by atoms with Crippen LogP contribution in [0.25, 0.3) is 10.9 Å². The van der Waals surface area contributed by atoms with Crippen LogP contribution in [0.5, 0.6) is 0 Å². The molecule has 116 valence electrons. The van der Waals surface area contributed by atoms with E-state index in [9.17, 15) is 9.59 Å². The Hall–Kier alpha value is -2.01. The number of alkyl halides is 1. The lowest BCUT2D eigenvalue weighted by atomic mass is 10.1. The van der Waals surface area contributed by atoms with E-state index < -0.39 is 5.38 Å². The van der Waals surface area contributed by atoms with Crippen LogP contribution >= 0.6 is 11.6 Å². The molecule has 1 saturated heterocycles.